The summed E-state index contributed by atoms with van der Waals surface area (Å²) >= 11 is 0. The third kappa shape index (κ3) is 6.39. The molecule has 1 saturated carbocycles. The fourth-order valence-corrected chi connectivity index (χ4v) is 11.8. The average molecular weight is 857 g/mol. The predicted octanol–water partition coefficient (Wildman–Crippen LogP) is 17.8. The summed E-state index contributed by atoms with van der Waals surface area (Å²) in [6, 6.07) is 89.8. The molecule has 67 heavy (non-hydrogen) atoms. The SMILES string of the molecule is c1ccc(-c2ccccc2-c2ccccc2-c2ccccc2N(c2cccc(-c3ccc4c5ccccc5n(-c5ccccc5)c4c3)c2)c2ccc3c(c2)-c2ccccc2C32CCCC2)cc1. The Bertz CT molecular complexity index is 3650. The van der Waals surface area contributed by atoms with Crippen LogP contribution in [0.15, 0.2) is 243 Å². The zero-order valence-electron chi connectivity index (χ0n) is 37.3. The lowest BCUT2D eigenvalue weighted by Crippen LogP contribution is -2.20. The van der Waals surface area contributed by atoms with E-state index in [-0.39, 0.29) is 5.41 Å². The van der Waals surface area contributed by atoms with Crippen LogP contribution in [-0.2, 0) is 5.41 Å². The highest BCUT2D eigenvalue weighted by Gasteiger charge is 2.45. The molecule has 1 fully saturated rings. The highest BCUT2D eigenvalue weighted by molar-refractivity contribution is 6.10. The van der Waals surface area contributed by atoms with E-state index in [4.69, 9.17) is 0 Å². The molecule has 0 aliphatic heterocycles. The smallest absolute Gasteiger partial charge is 0.0547 e. The Balaban J connectivity index is 1.02. The molecule has 2 aliphatic rings. The van der Waals surface area contributed by atoms with Crippen LogP contribution in [0.3, 0.4) is 0 Å². The van der Waals surface area contributed by atoms with Crippen LogP contribution < -0.4 is 4.90 Å². The number of aromatic nitrogens is 1. The average Bonchev–Trinajstić information content (AvgIpc) is 4.10. The molecule has 2 nitrogen and oxygen atoms in total. The van der Waals surface area contributed by atoms with Crippen LogP contribution in [-0.4, -0.2) is 4.57 Å². The third-order valence-electron chi connectivity index (χ3n) is 14.8. The molecule has 0 unspecified atom stereocenters. The summed E-state index contributed by atoms with van der Waals surface area (Å²) in [4.78, 5) is 2.51. The van der Waals surface area contributed by atoms with Crippen LogP contribution in [0.25, 0.3) is 83.1 Å². The van der Waals surface area contributed by atoms with E-state index in [1.165, 1.54) is 114 Å². The van der Waals surface area contributed by atoms with E-state index in [1.54, 1.807) is 0 Å². The molecule has 1 heterocycles. The van der Waals surface area contributed by atoms with Crippen LogP contribution >= 0.6 is 0 Å². The van der Waals surface area contributed by atoms with Gasteiger partial charge in [-0.05, 0) is 129 Å². The van der Waals surface area contributed by atoms with Gasteiger partial charge in [-0.3, -0.25) is 0 Å². The molecule has 11 aromatic rings. The molecule has 0 N–H and O–H groups in total. The predicted molar refractivity (Wildman–Crippen MR) is 282 cm³/mol. The molecule has 2 heteroatoms. The second kappa shape index (κ2) is 16.0. The number of hydrogen-bond acceptors (Lipinski definition) is 1. The maximum Gasteiger partial charge on any atom is 0.0547 e. The van der Waals surface area contributed by atoms with Crippen LogP contribution in [0, 0.1) is 0 Å². The van der Waals surface area contributed by atoms with E-state index >= 15 is 0 Å². The van der Waals surface area contributed by atoms with E-state index in [9.17, 15) is 0 Å². The molecular weight excluding hydrogens is 809 g/mol. The number of anilines is 3. The Morgan fingerprint density at radius 1 is 0.328 bits per heavy atom. The lowest BCUT2D eigenvalue weighted by Gasteiger charge is -2.30. The Labute approximate surface area is 392 Å². The Kier molecular flexibility index (Phi) is 9.39. The van der Waals surface area contributed by atoms with Crippen LogP contribution in [0.2, 0.25) is 0 Å². The van der Waals surface area contributed by atoms with Gasteiger partial charge in [0, 0.05) is 38.8 Å². The van der Waals surface area contributed by atoms with Crippen molar-refractivity contribution in [2.24, 2.45) is 0 Å². The van der Waals surface area contributed by atoms with Gasteiger partial charge in [0.15, 0.2) is 0 Å². The first-order valence-electron chi connectivity index (χ1n) is 23.8. The summed E-state index contributed by atoms with van der Waals surface area (Å²) in [5.41, 5.74) is 22.3. The summed E-state index contributed by atoms with van der Waals surface area (Å²) in [5, 5.41) is 2.51. The molecule has 13 rings (SSSR count). The molecule has 10 aromatic carbocycles. The lowest BCUT2D eigenvalue weighted by molar-refractivity contribution is 0.550. The van der Waals surface area contributed by atoms with E-state index in [0.717, 1.165) is 22.7 Å². The molecule has 1 aromatic heterocycles. The second-order valence-electron chi connectivity index (χ2n) is 18.3. The number of benzene rings is 10. The Morgan fingerprint density at radius 2 is 0.881 bits per heavy atom. The number of hydrogen-bond donors (Lipinski definition) is 0. The summed E-state index contributed by atoms with van der Waals surface area (Å²) < 4.78 is 2.41. The summed E-state index contributed by atoms with van der Waals surface area (Å²) in [6.07, 6.45) is 4.96. The quantitative estimate of drug-likeness (QED) is 0.148. The van der Waals surface area contributed by atoms with Crippen LogP contribution in [0.4, 0.5) is 17.1 Å². The van der Waals surface area contributed by atoms with Crippen LogP contribution in [0.1, 0.15) is 36.8 Å². The van der Waals surface area contributed by atoms with Crippen LogP contribution in [0.5, 0.6) is 0 Å². The van der Waals surface area contributed by atoms with Gasteiger partial charge in [-0.1, -0.05) is 201 Å². The zero-order chi connectivity index (χ0) is 44.3. The maximum absolute atomic E-state index is 2.51. The molecule has 0 saturated heterocycles. The molecule has 0 atom stereocenters. The number of rotatable bonds is 8. The first-order chi connectivity index (χ1) is 33.2. The van der Waals surface area contributed by atoms with Crippen molar-refractivity contribution in [2.75, 3.05) is 4.90 Å². The minimum atomic E-state index is 0.0963. The van der Waals surface area contributed by atoms with Crippen molar-refractivity contribution < 1.29 is 0 Å². The third-order valence-corrected chi connectivity index (χ3v) is 14.8. The number of fused-ring (bicyclic) bond motifs is 8. The van der Waals surface area contributed by atoms with Gasteiger partial charge in [0.05, 0.1) is 16.7 Å². The Morgan fingerprint density at radius 3 is 1.67 bits per heavy atom. The normalized spacial score (nSPS) is 13.6. The van der Waals surface area contributed by atoms with E-state index in [2.05, 4.69) is 252 Å². The molecular formula is C65H48N2. The molecule has 2 aliphatic carbocycles. The first-order valence-corrected chi connectivity index (χ1v) is 23.8. The lowest BCUT2D eigenvalue weighted by atomic mass is 9.77. The van der Waals surface area contributed by atoms with Crippen molar-refractivity contribution in [1.29, 1.82) is 0 Å². The van der Waals surface area contributed by atoms with Crippen molar-refractivity contribution in [3.63, 3.8) is 0 Å². The monoisotopic (exact) mass is 856 g/mol. The minimum absolute atomic E-state index is 0.0963. The fraction of sp³-hybridized carbons (Fsp3) is 0.0769. The highest BCUT2D eigenvalue weighted by atomic mass is 15.1. The van der Waals surface area contributed by atoms with Gasteiger partial charge in [-0.15, -0.1) is 0 Å². The van der Waals surface area contributed by atoms with Gasteiger partial charge in [-0.2, -0.15) is 0 Å². The Hall–Kier alpha value is -8.20. The second-order valence-corrected chi connectivity index (χ2v) is 18.3. The summed E-state index contributed by atoms with van der Waals surface area (Å²) in [6.45, 7) is 0. The van der Waals surface area contributed by atoms with Gasteiger partial charge in [0.1, 0.15) is 0 Å². The van der Waals surface area contributed by atoms with Gasteiger partial charge < -0.3 is 9.47 Å². The van der Waals surface area contributed by atoms with E-state index in [1.807, 2.05) is 0 Å². The van der Waals surface area contributed by atoms with Crippen molar-refractivity contribution in [3.8, 4) is 61.3 Å². The number of para-hydroxylation sites is 3. The number of nitrogens with zero attached hydrogens (tertiary/aromatic N) is 2. The molecule has 0 amide bonds. The van der Waals surface area contributed by atoms with E-state index in [0.29, 0.717) is 0 Å². The maximum atomic E-state index is 2.51. The first kappa shape index (κ1) is 39.2. The summed E-state index contributed by atoms with van der Waals surface area (Å²) in [7, 11) is 0. The van der Waals surface area contributed by atoms with Crippen molar-refractivity contribution in [3.05, 3.63) is 254 Å². The fourth-order valence-electron chi connectivity index (χ4n) is 11.8. The topological polar surface area (TPSA) is 8.17 Å². The largest absolute Gasteiger partial charge is 0.310 e. The van der Waals surface area contributed by atoms with E-state index < -0.39 is 0 Å². The molecule has 0 bridgehead atoms. The van der Waals surface area contributed by atoms with Crippen molar-refractivity contribution in [2.45, 2.75) is 31.1 Å². The molecule has 0 radical (unpaired) electrons. The molecule has 318 valence electrons. The van der Waals surface area contributed by atoms with Crippen molar-refractivity contribution >= 4 is 38.9 Å². The zero-order valence-corrected chi connectivity index (χ0v) is 37.3. The summed E-state index contributed by atoms with van der Waals surface area (Å²) in [5.74, 6) is 0. The van der Waals surface area contributed by atoms with Gasteiger partial charge in [0.25, 0.3) is 0 Å². The minimum Gasteiger partial charge on any atom is -0.310 e. The van der Waals surface area contributed by atoms with Crippen molar-refractivity contribution in [1.82, 2.24) is 4.57 Å². The van der Waals surface area contributed by atoms with Gasteiger partial charge >= 0.3 is 0 Å². The van der Waals surface area contributed by atoms with Gasteiger partial charge in [-0.25, -0.2) is 0 Å². The molecule has 1 spiro atoms. The standard InChI is InChI=1S/C65H48N2/c1-3-20-45(21-4-1)51-26-7-8-27-52(51)53-28-9-10-29-54(53)56-31-12-15-34-62(56)66(50-37-39-61-59(44-50)55-30-11-14-33-60(55)65(61)40-17-18-41-65)49-25-19-22-46(42-49)47-36-38-58-57-32-13-16-35-63(57)67(64(58)43-47)48-23-5-2-6-24-48/h1-16,19-39,42-44H,17-18,40-41H2. The van der Waals surface area contributed by atoms with Gasteiger partial charge in [0.2, 0.25) is 0 Å². The highest BCUT2D eigenvalue weighted by Crippen LogP contribution is 2.58.